The van der Waals surface area contributed by atoms with Crippen molar-refractivity contribution >= 4 is 50.5 Å². The van der Waals surface area contributed by atoms with E-state index < -0.39 is 17.7 Å². The van der Waals surface area contributed by atoms with Gasteiger partial charge < -0.3 is 5.32 Å². The molecule has 1 aromatic carbocycles. The summed E-state index contributed by atoms with van der Waals surface area (Å²) in [4.78, 5) is 0. The van der Waals surface area contributed by atoms with Crippen molar-refractivity contribution in [2.24, 2.45) is 0 Å². The van der Waals surface area contributed by atoms with Gasteiger partial charge in [0, 0.05) is 11.1 Å². The Morgan fingerprint density at radius 1 is 1.20 bits per heavy atom. The van der Waals surface area contributed by atoms with Crippen LogP contribution >= 0.6 is 50.5 Å². The Morgan fingerprint density at radius 2 is 1.90 bits per heavy atom. The summed E-state index contributed by atoms with van der Waals surface area (Å²) in [7, 11) is 0. The van der Waals surface area contributed by atoms with Crippen LogP contribution in [-0.4, -0.2) is 6.54 Å². The maximum atomic E-state index is 14.1. The van der Waals surface area contributed by atoms with Crippen molar-refractivity contribution in [1.82, 2.24) is 5.32 Å². The van der Waals surface area contributed by atoms with E-state index in [9.17, 15) is 8.78 Å². The van der Waals surface area contributed by atoms with Gasteiger partial charge in [0.1, 0.15) is 11.6 Å². The second-order valence-corrected chi connectivity index (χ2v) is 7.20. The van der Waals surface area contributed by atoms with Crippen LogP contribution in [0.2, 0.25) is 8.67 Å². The zero-order chi connectivity index (χ0) is 14.9. The summed E-state index contributed by atoms with van der Waals surface area (Å²) in [6, 6.07) is 3.39. The molecule has 0 aliphatic heterocycles. The summed E-state index contributed by atoms with van der Waals surface area (Å²) < 4.78 is 28.9. The first-order valence-electron chi connectivity index (χ1n) is 5.76. The third-order valence-corrected chi connectivity index (χ3v) is 4.88. The lowest BCUT2D eigenvalue weighted by atomic mass is 10.0. The van der Waals surface area contributed by atoms with E-state index in [1.165, 1.54) is 11.3 Å². The number of hydrogen-bond acceptors (Lipinski definition) is 2. The van der Waals surface area contributed by atoms with Crippen molar-refractivity contribution in [2.45, 2.75) is 13.0 Å². The first kappa shape index (κ1) is 16.2. The standard InChI is InChI=1S/C13H10BrCl2F2NS/c1-2-19-12(7-4-11(15)20-13(7)16)6-3-10(18)8(14)5-9(6)17/h3-5,12,19H,2H2,1H3. The average molecular weight is 401 g/mol. The van der Waals surface area contributed by atoms with Crippen LogP contribution < -0.4 is 5.32 Å². The van der Waals surface area contributed by atoms with Gasteiger partial charge in [-0.05, 0) is 40.7 Å². The lowest BCUT2D eigenvalue weighted by Gasteiger charge is -2.19. The quantitative estimate of drug-likeness (QED) is 0.640. The molecule has 1 atom stereocenters. The normalized spacial score (nSPS) is 12.7. The molecule has 0 aliphatic carbocycles. The van der Waals surface area contributed by atoms with Gasteiger partial charge in [0.05, 0.1) is 19.2 Å². The molecular weight excluding hydrogens is 391 g/mol. The molecule has 2 rings (SSSR count). The summed E-state index contributed by atoms with van der Waals surface area (Å²) in [5.74, 6) is -1.04. The Bertz CT molecular complexity index is 633. The van der Waals surface area contributed by atoms with Crippen LogP contribution in [0.1, 0.15) is 24.1 Å². The predicted octanol–water partition coefficient (Wildman–Crippen LogP) is 5.79. The molecule has 0 aliphatic rings. The molecule has 0 spiro atoms. The third-order valence-electron chi connectivity index (χ3n) is 2.75. The summed E-state index contributed by atoms with van der Waals surface area (Å²) in [5.41, 5.74) is 0.841. The second kappa shape index (κ2) is 6.71. The molecule has 0 radical (unpaired) electrons. The van der Waals surface area contributed by atoms with Gasteiger partial charge in [0.25, 0.3) is 0 Å². The summed E-state index contributed by atoms with van der Waals surface area (Å²) in [6.45, 7) is 2.45. The Balaban J connectivity index is 2.54. The lowest BCUT2D eigenvalue weighted by molar-refractivity contribution is 0.543. The fourth-order valence-corrected chi connectivity index (χ4v) is 3.75. The van der Waals surface area contributed by atoms with Crippen molar-refractivity contribution in [3.05, 3.63) is 54.1 Å². The van der Waals surface area contributed by atoms with Gasteiger partial charge in [0.2, 0.25) is 0 Å². The van der Waals surface area contributed by atoms with Gasteiger partial charge in [-0.25, -0.2) is 8.78 Å². The number of rotatable bonds is 4. The largest absolute Gasteiger partial charge is 0.306 e. The summed E-state index contributed by atoms with van der Waals surface area (Å²) in [5, 5.41) is 3.10. The Hall–Kier alpha value is -0.200. The molecule has 0 fully saturated rings. The average Bonchev–Trinajstić information content (AvgIpc) is 2.70. The van der Waals surface area contributed by atoms with E-state index in [0.29, 0.717) is 20.8 Å². The molecule has 1 unspecified atom stereocenters. The van der Waals surface area contributed by atoms with Gasteiger partial charge in [-0.2, -0.15) is 0 Å². The highest BCUT2D eigenvalue weighted by atomic mass is 79.9. The molecule has 20 heavy (non-hydrogen) atoms. The molecule has 7 heteroatoms. The highest BCUT2D eigenvalue weighted by molar-refractivity contribution is 9.10. The number of benzene rings is 1. The van der Waals surface area contributed by atoms with Crippen LogP contribution in [0.15, 0.2) is 22.7 Å². The Kier molecular flexibility index (Phi) is 5.42. The monoisotopic (exact) mass is 399 g/mol. The molecule has 0 saturated carbocycles. The van der Waals surface area contributed by atoms with Crippen LogP contribution in [0.4, 0.5) is 8.78 Å². The Morgan fingerprint density at radius 3 is 2.45 bits per heavy atom. The van der Waals surface area contributed by atoms with Crippen LogP contribution in [0.5, 0.6) is 0 Å². The summed E-state index contributed by atoms with van der Waals surface area (Å²) in [6.07, 6.45) is 0. The van der Waals surface area contributed by atoms with Crippen LogP contribution in [0.3, 0.4) is 0 Å². The number of nitrogens with one attached hydrogen (secondary N) is 1. The summed E-state index contributed by atoms with van der Waals surface area (Å²) >= 11 is 16.2. The number of halogens is 5. The van der Waals surface area contributed by atoms with E-state index in [2.05, 4.69) is 21.2 Å². The van der Waals surface area contributed by atoms with Crippen LogP contribution in [-0.2, 0) is 0 Å². The number of hydrogen-bond donors (Lipinski definition) is 1. The highest BCUT2D eigenvalue weighted by Gasteiger charge is 2.23. The topological polar surface area (TPSA) is 12.0 Å². The van der Waals surface area contributed by atoms with Crippen LogP contribution in [0.25, 0.3) is 0 Å². The Labute approximate surface area is 138 Å². The number of thiophene rings is 1. The minimum Gasteiger partial charge on any atom is -0.306 e. The minimum atomic E-state index is -0.543. The highest BCUT2D eigenvalue weighted by Crippen LogP contribution is 2.38. The van der Waals surface area contributed by atoms with E-state index in [1.54, 1.807) is 6.07 Å². The van der Waals surface area contributed by atoms with E-state index in [1.807, 2.05) is 6.92 Å². The fraction of sp³-hybridized carbons (Fsp3) is 0.231. The smallest absolute Gasteiger partial charge is 0.137 e. The van der Waals surface area contributed by atoms with Gasteiger partial charge in [-0.1, -0.05) is 30.1 Å². The van der Waals surface area contributed by atoms with Gasteiger partial charge in [-0.15, -0.1) is 11.3 Å². The van der Waals surface area contributed by atoms with E-state index in [4.69, 9.17) is 23.2 Å². The first-order chi connectivity index (χ1) is 9.43. The SMILES string of the molecule is CCNC(c1cc(F)c(Br)cc1F)c1cc(Cl)sc1Cl. The maximum absolute atomic E-state index is 14.1. The molecule has 1 N–H and O–H groups in total. The lowest BCUT2D eigenvalue weighted by Crippen LogP contribution is -2.23. The van der Waals surface area contributed by atoms with Crippen molar-refractivity contribution in [3.8, 4) is 0 Å². The maximum Gasteiger partial charge on any atom is 0.137 e. The molecule has 1 heterocycles. The molecule has 1 nitrogen and oxygen atoms in total. The zero-order valence-electron chi connectivity index (χ0n) is 10.3. The van der Waals surface area contributed by atoms with Gasteiger partial charge in [-0.3, -0.25) is 0 Å². The molecule has 0 bridgehead atoms. The van der Waals surface area contributed by atoms with Crippen molar-refractivity contribution in [1.29, 1.82) is 0 Å². The fourth-order valence-electron chi connectivity index (χ4n) is 1.90. The first-order valence-corrected chi connectivity index (χ1v) is 8.13. The second-order valence-electron chi connectivity index (χ2n) is 4.06. The van der Waals surface area contributed by atoms with E-state index in [0.717, 1.165) is 12.1 Å². The van der Waals surface area contributed by atoms with E-state index in [-0.39, 0.29) is 10.0 Å². The minimum absolute atomic E-state index is 0.0865. The molecule has 1 aromatic heterocycles. The van der Waals surface area contributed by atoms with Crippen molar-refractivity contribution in [3.63, 3.8) is 0 Å². The molecule has 0 saturated heterocycles. The third kappa shape index (κ3) is 3.34. The zero-order valence-corrected chi connectivity index (χ0v) is 14.2. The molecule has 108 valence electrons. The van der Waals surface area contributed by atoms with Crippen molar-refractivity contribution < 1.29 is 8.78 Å². The van der Waals surface area contributed by atoms with E-state index >= 15 is 0 Å². The van der Waals surface area contributed by atoms with Crippen molar-refractivity contribution in [2.75, 3.05) is 6.54 Å². The molecular formula is C13H10BrCl2F2NS. The predicted molar refractivity (Wildman–Crippen MR) is 83.9 cm³/mol. The van der Waals surface area contributed by atoms with Gasteiger partial charge in [0.15, 0.2) is 0 Å². The molecule has 2 aromatic rings. The molecule has 0 amide bonds. The van der Waals surface area contributed by atoms with Crippen LogP contribution in [0, 0.1) is 11.6 Å². The van der Waals surface area contributed by atoms with Gasteiger partial charge >= 0.3 is 0 Å².